The third kappa shape index (κ3) is 6.65. The van der Waals surface area contributed by atoms with E-state index < -0.39 is 0 Å². The summed E-state index contributed by atoms with van der Waals surface area (Å²) >= 11 is 1.61. The van der Waals surface area contributed by atoms with Gasteiger partial charge in [-0.1, -0.05) is 26.2 Å². The van der Waals surface area contributed by atoms with Crippen LogP contribution in [-0.4, -0.2) is 33.0 Å². The van der Waals surface area contributed by atoms with Crippen LogP contribution in [0.15, 0.2) is 10.8 Å². The lowest BCUT2D eigenvalue weighted by molar-refractivity contribution is 0.171. The molecule has 20 heavy (non-hydrogen) atoms. The van der Waals surface area contributed by atoms with Gasteiger partial charge in [-0.2, -0.15) is 0 Å². The lowest BCUT2D eigenvalue weighted by Gasteiger charge is -2.13. The summed E-state index contributed by atoms with van der Waals surface area (Å²) in [5, 5.41) is 6.54. The van der Waals surface area contributed by atoms with Gasteiger partial charge in [0.2, 0.25) is 0 Å². The number of hydrogen-bond acceptors (Lipinski definition) is 5. The number of nitrogens with one attached hydrogen (secondary N) is 1. The van der Waals surface area contributed by atoms with E-state index in [2.05, 4.69) is 17.0 Å². The van der Waals surface area contributed by atoms with Gasteiger partial charge in [0, 0.05) is 17.3 Å². The Hall–Kier alpha value is -1.43. The Morgan fingerprint density at radius 1 is 1.25 bits per heavy atom. The molecule has 0 aromatic carbocycles. The molecule has 114 valence electrons. The van der Waals surface area contributed by atoms with Crippen molar-refractivity contribution in [3.05, 3.63) is 10.8 Å². The SMILES string of the molecule is CCCCCCNC(=O)OC.c1scc2c1OCCO2. The highest BCUT2D eigenvalue weighted by Gasteiger charge is 2.10. The minimum atomic E-state index is -0.332. The molecule has 1 aliphatic rings. The van der Waals surface area contributed by atoms with Crippen LogP contribution in [0.5, 0.6) is 11.5 Å². The largest absolute Gasteiger partial charge is 0.485 e. The van der Waals surface area contributed by atoms with Crippen LogP contribution in [0.25, 0.3) is 0 Å². The van der Waals surface area contributed by atoms with Crippen LogP contribution in [0.3, 0.4) is 0 Å². The molecule has 0 atom stereocenters. The zero-order chi connectivity index (χ0) is 14.6. The van der Waals surface area contributed by atoms with Gasteiger partial charge < -0.3 is 19.5 Å². The summed E-state index contributed by atoms with van der Waals surface area (Å²) in [5.41, 5.74) is 0. The minimum absolute atomic E-state index is 0.332. The molecule has 1 N–H and O–H groups in total. The monoisotopic (exact) mass is 301 g/mol. The summed E-state index contributed by atoms with van der Waals surface area (Å²) in [4.78, 5) is 10.5. The first-order valence-electron chi connectivity index (χ1n) is 6.91. The molecule has 1 aliphatic heterocycles. The second-order valence-corrected chi connectivity index (χ2v) is 5.02. The lowest BCUT2D eigenvalue weighted by atomic mass is 10.2. The molecule has 0 bridgehead atoms. The van der Waals surface area contributed by atoms with E-state index in [1.54, 1.807) is 11.3 Å². The van der Waals surface area contributed by atoms with Gasteiger partial charge in [-0.25, -0.2) is 4.79 Å². The maximum absolute atomic E-state index is 10.5. The molecule has 1 aromatic rings. The summed E-state index contributed by atoms with van der Waals surface area (Å²) in [6.07, 6.45) is 4.35. The van der Waals surface area contributed by atoms with Gasteiger partial charge in [-0.05, 0) is 6.42 Å². The molecule has 0 spiro atoms. The first kappa shape index (κ1) is 16.6. The van der Waals surface area contributed by atoms with Gasteiger partial charge in [0.15, 0.2) is 11.5 Å². The number of hydrogen-bond donors (Lipinski definition) is 1. The highest BCUT2D eigenvalue weighted by molar-refractivity contribution is 7.08. The number of ether oxygens (including phenoxy) is 3. The highest BCUT2D eigenvalue weighted by atomic mass is 32.1. The number of methoxy groups -OCH3 is 1. The van der Waals surface area contributed by atoms with Crippen molar-refractivity contribution in [1.29, 1.82) is 0 Å². The van der Waals surface area contributed by atoms with Gasteiger partial charge in [-0.3, -0.25) is 0 Å². The third-order valence-electron chi connectivity index (χ3n) is 2.68. The number of unbranched alkanes of at least 4 members (excludes halogenated alkanes) is 3. The molecule has 0 aliphatic carbocycles. The van der Waals surface area contributed by atoms with Crippen LogP contribution >= 0.6 is 11.3 Å². The molecular weight excluding hydrogens is 278 g/mol. The zero-order valence-corrected chi connectivity index (χ0v) is 13.0. The number of thiophene rings is 1. The van der Waals surface area contributed by atoms with E-state index in [-0.39, 0.29) is 6.09 Å². The molecule has 0 radical (unpaired) electrons. The lowest BCUT2D eigenvalue weighted by Crippen LogP contribution is -2.23. The van der Waals surface area contributed by atoms with Crippen LogP contribution in [0, 0.1) is 0 Å². The topological polar surface area (TPSA) is 56.8 Å². The predicted octanol–water partition coefficient (Wildman–Crippen LogP) is 3.44. The molecule has 0 unspecified atom stereocenters. The maximum Gasteiger partial charge on any atom is 0.406 e. The van der Waals surface area contributed by atoms with Gasteiger partial charge in [-0.15, -0.1) is 11.3 Å². The fraction of sp³-hybridized carbons (Fsp3) is 0.643. The van der Waals surface area contributed by atoms with E-state index in [0.717, 1.165) is 24.5 Å². The minimum Gasteiger partial charge on any atom is -0.485 e. The number of alkyl carbamates (subject to hydrolysis) is 1. The van der Waals surface area contributed by atoms with Crippen molar-refractivity contribution in [2.75, 3.05) is 26.9 Å². The molecule has 2 rings (SSSR count). The number of fused-ring (bicyclic) bond motifs is 1. The summed E-state index contributed by atoms with van der Waals surface area (Å²) < 4.78 is 14.9. The zero-order valence-electron chi connectivity index (χ0n) is 12.1. The van der Waals surface area contributed by atoms with Crippen molar-refractivity contribution in [2.45, 2.75) is 32.6 Å². The summed E-state index contributed by atoms with van der Waals surface area (Å²) in [5.74, 6) is 1.79. The van der Waals surface area contributed by atoms with E-state index in [0.29, 0.717) is 13.2 Å². The van der Waals surface area contributed by atoms with Crippen molar-refractivity contribution < 1.29 is 19.0 Å². The first-order chi connectivity index (χ1) is 9.77. The normalized spacial score (nSPS) is 12.1. The molecule has 2 heterocycles. The van der Waals surface area contributed by atoms with Gasteiger partial charge in [0.1, 0.15) is 13.2 Å². The smallest absolute Gasteiger partial charge is 0.406 e. The second kappa shape index (κ2) is 10.4. The summed E-state index contributed by atoms with van der Waals surface area (Å²) in [6, 6.07) is 0. The number of rotatable bonds is 5. The van der Waals surface area contributed by atoms with Crippen LogP contribution in [-0.2, 0) is 4.74 Å². The molecule has 1 aromatic heterocycles. The molecular formula is C14H23NO4S. The van der Waals surface area contributed by atoms with Gasteiger partial charge >= 0.3 is 6.09 Å². The third-order valence-corrected chi connectivity index (χ3v) is 3.38. The summed E-state index contributed by atoms with van der Waals surface area (Å²) in [7, 11) is 1.38. The van der Waals surface area contributed by atoms with Crippen LogP contribution in [0.4, 0.5) is 4.79 Å². The van der Waals surface area contributed by atoms with E-state index in [9.17, 15) is 4.79 Å². The number of carbonyl (C=O) groups is 1. The molecule has 0 fully saturated rings. The Kier molecular flexibility index (Phi) is 8.62. The van der Waals surface area contributed by atoms with E-state index in [1.807, 2.05) is 10.8 Å². The maximum atomic E-state index is 10.5. The fourth-order valence-corrected chi connectivity index (χ4v) is 2.29. The Balaban J connectivity index is 0.000000202. The van der Waals surface area contributed by atoms with Crippen molar-refractivity contribution in [2.24, 2.45) is 0 Å². The van der Waals surface area contributed by atoms with Gasteiger partial charge in [0.25, 0.3) is 0 Å². The average molecular weight is 301 g/mol. The number of amides is 1. The Bertz CT molecular complexity index is 361. The van der Waals surface area contributed by atoms with Gasteiger partial charge in [0.05, 0.1) is 7.11 Å². The molecule has 0 saturated carbocycles. The number of carbonyl (C=O) groups excluding carboxylic acids is 1. The quantitative estimate of drug-likeness (QED) is 0.846. The Labute approximate surface area is 124 Å². The predicted molar refractivity (Wildman–Crippen MR) is 79.9 cm³/mol. The van der Waals surface area contributed by atoms with E-state index >= 15 is 0 Å². The second-order valence-electron chi connectivity index (χ2n) is 4.28. The fourth-order valence-electron chi connectivity index (χ4n) is 1.60. The Morgan fingerprint density at radius 2 is 1.90 bits per heavy atom. The highest BCUT2D eigenvalue weighted by Crippen LogP contribution is 2.33. The summed E-state index contributed by atoms with van der Waals surface area (Å²) in [6.45, 7) is 4.26. The Morgan fingerprint density at radius 3 is 2.45 bits per heavy atom. The van der Waals surface area contributed by atoms with E-state index in [1.165, 1.54) is 26.4 Å². The average Bonchev–Trinajstić information content (AvgIpc) is 2.96. The standard InChI is InChI=1S/C8H17NO2.C6H6O2S/c1-3-4-5-6-7-9-8(10)11-2;1-2-8-6-4-9-3-5(6)7-1/h3-7H2,1-2H3,(H,9,10);3-4H,1-2H2. The molecule has 5 nitrogen and oxygen atoms in total. The molecule has 0 saturated heterocycles. The van der Waals surface area contributed by atoms with E-state index in [4.69, 9.17) is 9.47 Å². The first-order valence-corrected chi connectivity index (χ1v) is 7.85. The van der Waals surface area contributed by atoms with Crippen LogP contribution in [0.2, 0.25) is 0 Å². The van der Waals surface area contributed by atoms with Crippen LogP contribution < -0.4 is 14.8 Å². The van der Waals surface area contributed by atoms with Crippen molar-refractivity contribution in [1.82, 2.24) is 5.32 Å². The molecule has 1 amide bonds. The molecule has 6 heteroatoms. The van der Waals surface area contributed by atoms with Crippen LogP contribution in [0.1, 0.15) is 32.6 Å². The van der Waals surface area contributed by atoms with Crippen molar-refractivity contribution >= 4 is 17.4 Å². The van der Waals surface area contributed by atoms with Crippen molar-refractivity contribution in [3.63, 3.8) is 0 Å². The van der Waals surface area contributed by atoms with Crippen molar-refractivity contribution in [3.8, 4) is 11.5 Å².